The van der Waals surface area contributed by atoms with Crippen LogP contribution in [0.1, 0.15) is 51.6 Å². The van der Waals surface area contributed by atoms with Gasteiger partial charge in [-0.05, 0) is 51.7 Å². The van der Waals surface area contributed by atoms with E-state index in [1.165, 1.54) is 0 Å². The summed E-state index contributed by atoms with van der Waals surface area (Å²) in [6.45, 7) is 9.47. The lowest BCUT2D eigenvalue weighted by Gasteiger charge is -2.36. The second-order valence-corrected chi connectivity index (χ2v) is 9.12. The number of carbonyl (C=O) groups is 1. The Hall–Kier alpha value is -2.59. The third-order valence-corrected chi connectivity index (χ3v) is 5.70. The van der Waals surface area contributed by atoms with Crippen molar-refractivity contribution in [3.63, 3.8) is 0 Å². The quantitative estimate of drug-likeness (QED) is 0.802. The Morgan fingerprint density at radius 2 is 2.03 bits per heavy atom. The molecule has 0 radical (unpaired) electrons. The highest BCUT2D eigenvalue weighted by Crippen LogP contribution is 2.42. The Kier molecular flexibility index (Phi) is 5.22. The second-order valence-electron chi connectivity index (χ2n) is 9.12. The van der Waals surface area contributed by atoms with Crippen molar-refractivity contribution < 1.29 is 9.53 Å². The number of rotatable bonds is 4. The summed E-state index contributed by atoms with van der Waals surface area (Å²) in [6, 6.07) is 6.62. The van der Waals surface area contributed by atoms with Gasteiger partial charge in [0, 0.05) is 50.2 Å². The van der Waals surface area contributed by atoms with Crippen LogP contribution in [0.2, 0.25) is 0 Å². The van der Waals surface area contributed by atoms with Crippen LogP contribution in [0.4, 0.5) is 5.82 Å². The van der Waals surface area contributed by atoms with E-state index in [2.05, 4.69) is 20.9 Å². The van der Waals surface area contributed by atoms with Gasteiger partial charge in [-0.1, -0.05) is 0 Å². The first-order valence-corrected chi connectivity index (χ1v) is 10.4. The smallest absolute Gasteiger partial charge is 0.306 e. The summed E-state index contributed by atoms with van der Waals surface area (Å²) in [5.74, 6) is 1.16. The summed E-state index contributed by atoms with van der Waals surface area (Å²) in [6.07, 6.45) is 4.20. The first kappa shape index (κ1) is 19.7. The molecular weight excluding hydrogens is 366 g/mol. The fourth-order valence-electron chi connectivity index (χ4n) is 4.27. The Morgan fingerprint density at radius 3 is 2.69 bits per heavy atom. The van der Waals surface area contributed by atoms with Crippen LogP contribution >= 0.6 is 0 Å². The van der Waals surface area contributed by atoms with E-state index in [9.17, 15) is 10.1 Å². The number of ether oxygens (including phenoxy) is 1. The van der Waals surface area contributed by atoms with Gasteiger partial charge in [-0.3, -0.25) is 4.79 Å². The Bertz CT molecular complexity index is 940. The summed E-state index contributed by atoms with van der Waals surface area (Å²) in [5, 5.41) is 13.8. The average Bonchev–Trinajstić information content (AvgIpc) is 3.01. The van der Waals surface area contributed by atoms with Gasteiger partial charge in [-0.2, -0.15) is 5.26 Å². The maximum Gasteiger partial charge on any atom is 0.306 e. The Labute approximate surface area is 171 Å². The van der Waals surface area contributed by atoms with Crippen molar-refractivity contribution in [1.82, 2.24) is 14.9 Å². The molecule has 1 N–H and O–H groups in total. The summed E-state index contributed by atoms with van der Waals surface area (Å²) in [5.41, 5.74) is 1.09. The number of carbonyl (C=O) groups excluding carboxylic acids is 1. The van der Waals surface area contributed by atoms with Crippen LogP contribution in [0, 0.1) is 17.2 Å². The first-order chi connectivity index (χ1) is 13.8. The van der Waals surface area contributed by atoms with Crippen molar-refractivity contribution in [3.05, 3.63) is 23.9 Å². The molecule has 0 spiro atoms. The number of nitrogens with one attached hydrogen (secondary N) is 1. The van der Waals surface area contributed by atoms with Crippen molar-refractivity contribution in [2.45, 2.75) is 51.7 Å². The lowest BCUT2D eigenvalue weighted by atomic mass is 9.78. The number of aromatic nitrogens is 2. The van der Waals surface area contributed by atoms with Crippen LogP contribution in [0.25, 0.3) is 11.0 Å². The molecule has 1 aliphatic heterocycles. The molecule has 7 nitrogen and oxygen atoms in total. The van der Waals surface area contributed by atoms with Crippen LogP contribution in [0.3, 0.4) is 0 Å². The fourth-order valence-corrected chi connectivity index (χ4v) is 4.27. The van der Waals surface area contributed by atoms with Gasteiger partial charge in [-0.25, -0.2) is 4.98 Å². The van der Waals surface area contributed by atoms with E-state index >= 15 is 0 Å². The highest BCUT2D eigenvalue weighted by molar-refractivity contribution is 5.85. The van der Waals surface area contributed by atoms with Gasteiger partial charge >= 0.3 is 5.97 Å². The SMILES string of the molecule is CC(C)(C)OC(=O)C[C@H]1C[C@H](n2cc(C#N)c3ccc(N4CCNCC4)nc32)C1. The van der Waals surface area contributed by atoms with E-state index in [0.29, 0.717) is 17.9 Å². The van der Waals surface area contributed by atoms with Crippen LogP contribution in [-0.2, 0) is 9.53 Å². The number of fused-ring (bicyclic) bond motifs is 1. The number of esters is 1. The van der Waals surface area contributed by atoms with Gasteiger partial charge < -0.3 is 19.5 Å². The van der Waals surface area contributed by atoms with Crippen molar-refractivity contribution in [2.75, 3.05) is 31.1 Å². The molecule has 0 bridgehead atoms. The molecule has 0 amide bonds. The third-order valence-electron chi connectivity index (χ3n) is 5.70. The minimum atomic E-state index is -0.442. The maximum absolute atomic E-state index is 12.1. The highest BCUT2D eigenvalue weighted by atomic mass is 16.6. The number of piperazine rings is 1. The molecule has 2 aromatic heterocycles. The number of hydrogen-bond donors (Lipinski definition) is 1. The summed E-state index contributed by atoms with van der Waals surface area (Å²) in [7, 11) is 0. The van der Waals surface area contributed by atoms with Crippen molar-refractivity contribution in [3.8, 4) is 6.07 Å². The molecule has 1 aliphatic carbocycles. The topological polar surface area (TPSA) is 83.2 Å². The first-order valence-electron chi connectivity index (χ1n) is 10.4. The van der Waals surface area contributed by atoms with E-state index in [1.54, 1.807) is 0 Å². The number of anilines is 1. The lowest BCUT2D eigenvalue weighted by Crippen LogP contribution is -2.43. The van der Waals surface area contributed by atoms with E-state index in [4.69, 9.17) is 9.72 Å². The molecule has 4 rings (SSSR count). The number of pyridine rings is 1. The van der Waals surface area contributed by atoms with Gasteiger partial charge in [0.2, 0.25) is 0 Å². The molecule has 3 heterocycles. The average molecular weight is 396 g/mol. The lowest BCUT2D eigenvalue weighted by molar-refractivity contribution is -0.157. The monoisotopic (exact) mass is 395 g/mol. The zero-order chi connectivity index (χ0) is 20.6. The third kappa shape index (κ3) is 4.23. The molecular formula is C22H29N5O2. The largest absolute Gasteiger partial charge is 0.460 e. The van der Waals surface area contributed by atoms with E-state index in [0.717, 1.165) is 55.9 Å². The van der Waals surface area contributed by atoms with Crippen LogP contribution in [-0.4, -0.2) is 47.3 Å². The molecule has 1 saturated heterocycles. The zero-order valence-corrected chi connectivity index (χ0v) is 17.4. The molecule has 0 unspecified atom stereocenters. The van der Waals surface area contributed by atoms with Gasteiger partial charge in [0.1, 0.15) is 23.1 Å². The van der Waals surface area contributed by atoms with Crippen LogP contribution in [0.5, 0.6) is 0 Å². The molecule has 1 saturated carbocycles. The van der Waals surface area contributed by atoms with Gasteiger partial charge in [-0.15, -0.1) is 0 Å². The molecule has 2 aromatic rings. The van der Waals surface area contributed by atoms with E-state index < -0.39 is 5.60 Å². The van der Waals surface area contributed by atoms with Crippen molar-refractivity contribution in [2.24, 2.45) is 5.92 Å². The number of nitriles is 1. The summed E-state index contributed by atoms with van der Waals surface area (Å²) >= 11 is 0. The molecule has 0 aromatic carbocycles. The molecule has 2 aliphatic rings. The molecule has 29 heavy (non-hydrogen) atoms. The zero-order valence-electron chi connectivity index (χ0n) is 17.4. The van der Waals surface area contributed by atoms with Crippen LogP contribution in [0.15, 0.2) is 18.3 Å². The van der Waals surface area contributed by atoms with E-state index in [-0.39, 0.29) is 12.0 Å². The minimum Gasteiger partial charge on any atom is -0.460 e. The number of hydrogen-bond acceptors (Lipinski definition) is 6. The molecule has 7 heteroatoms. The Balaban J connectivity index is 1.50. The van der Waals surface area contributed by atoms with E-state index in [1.807, 2.05) is 39.1 Å². The predicted molar refractivity (Wildman–Crippen MR) is 112 cm³/mol. The molecule has 0 atom stereocenters. The normalized spacial score (nSPS) is 22.2. The summed E-state index contributed by atoms with van der Waals surface area (Å²) < 4.78 is 7.59. The standard InChI is InChI=1S/C22H29N5O2/c1-22(2,3)29-20(28)12-15-10-17(11-15)27-14-16(13-23)18-4-5-19(25-21(18)27)26-8-6-24-7-9-26/h4-5,14-15,17,24H,6-12H2,1-3H3/t15-,17-. The molecule has 2 fully saturated rings. The highest BCUT2D eigenvalue weighted by Gasteiger charge is 2.34. The number of nitrogens with zero attached hydrogens (tertiary/aromatic N) is 4. The van der Waals surface area contributed by atoms with Gasteiger partial charge in [0.15, 0.2) is 0 Å². The Morgan fingerprint density at radius 1 is 1.31 bits per heavy atom. The summed E-state index contributed by atoms with van der Waals surface area (Å²) in [4.78, 5) is 19.3. The van der Waals surface area contributed by atoms with Crippen LogP contribution < -0.4 is 10.2 Å². The van der Waals surface area contributed by atoms with Gasteiger partial charge in [0.05, 0.1) is 5.56 Å². The minimum absolute atomic E-state index is 0.129. The molecule has 154 valence electrons. The maximum atomic E-state index is 12.1. The fraction of sp³-hybridized carbons (Fsp3) is 0.591. The predicted octanol–water partition coefficient (Wildman–Crippen LogP) is 3.00. The van der Waals surface area contributed by atoms with Crippen molar-refractivity contribution >= 4 is 22.8 Å². The van der Waals surface area contributed by atoms with Gasteiger partial charge in [0.25, 0.3) is 0 Å². The second kappa shape index (κ2) is 7.68. The van der Waals surface area contributed by atoms with Crippen molar-refractivity contribution in [1.29, 1.82) is 5.26 Å².